The van der Waals surface area contributed by atoms with Crippen LogP contribution in [0, 0.1) is 0 Å². The van der Waals surface area contributed by atoms with Crippen LogP contribution in [0.4, 0.5) is 5.69 Å². The molecule has 0 heterocycles. The van der Waals surface area contributed by atoms with Crippen molar-refractivity contribution in [1.82, 2.24) is 0 Å². The molecule has 1 amide bonds. The largest absolute Gasteiger partial charge is 0.497 e. The van der Waals surface area contributed by atoms with Crippen molar-refractivity contribution in [1.29, 1.82) is 0 Å². The molecule has 0 atom stereocenters. The van der Waals surface area contributed by atoms with E-state index in [-0.39, 0.29) is 17.9 Å². The number of carboxylic acids is 1. The van der Waals surface area contributed by atoms with E-state index in [1.165, 1.54) is 26.4 Å². The van der Waals surface area contributed by atoms with E-state index in [9.17, 15) is 9.59 Å². The maximum absolute atomic E-state index is 12.0. The molecule has 2 rings (SSSR count). The van der Waals surface area contributed by atoms with E-state index in [2.05, 4.69) is 5.32 Å². The van der Waals surface area contributed by atoms with Crippen LogP contribution in [0.5, 0.6) is 17.2 Å². The van der Waals surface area contributed by atoms with Gasteiger partial charge in [0.25, 0.3) is 5.91 Å². The minimum atomic E-state index is -1.12. The van der Waals surface area contributed by atoms with Crippen LogP contribution in [-0.4, -0.2) is 37.8 Å². The first-order valence-corrected chi connectivity index (χ1v) is 7.02. The van der Waals surface area contributed by atoms with Crippen LogP contribution in [0.1, 0.15) is 10.4 Å². The maximum Gasteiger partial charge on any atom is 0.339 e. The molecule has 0 spiro atoms. The first-order valence-electron chi connectivity index (χ1n) is 7.02. The van der Waals surface area contributed by atoms with Gasteiger partial charge in [0.2, 0.25) is 0 Å². The van der Waals surface area contributed by atoms with Gasteiger partial charge in [-0.15, -0.1) is 0 Å². The third kappa shape index (κ3) is 4.16. The van der Waals surface area contributed by atoms with E-state index in [0.717, 1.165) is 0 Å². The van der Waals surface area contributed by atoms with Gasteiger partial charge in [-0.25, -0.2) is 4.79 Å². The zero-order valence-corrected chi connectivity index (χ0v) is 13.2. The van der Waals surface area contributed by atoms with Crippen LogP contribution in [0.3, 0.4) is 0 Å². The summed E-state index contributed by atoms with van der Waals surface area (Å²) in [6, 6.07) is 11.1. The van der Waals surface area contributed by atoms with Crippen LogP contribution < -0.4 is 19.5 Å². The first kappa shape index (κ1) is 17.1. The molecule has 7 nitrogen and oxygen atoms in total. The van der Waals surface area contributed by atoms with Gasteiger partial charge in [0.15, 0.2) is 6.61 Å². The lowest BCUT2D eigenvalue weighted by atomic mass is 10.2. The second kappa shape index (κ2) is 7.87. The lowest BCUT2D eigenvalue weighted by Gasteiger charge is -2.12. The monoisotopic (exact) mass is 331 g/mol. The fraction of sp³-hybridized carbons (Fsp3) is 0.176. The number of carbonyl (C=O) groups is 2. The third-order valence-corrected chi connectivity index (χ3v) is 3.16. The van der Waals surface area contributed by atoms with Crippen molar-refractivity contribution >= 4 is 17.6 Å². The topological polar surface area (TPSA) is 94.1 Å². The van der Waals surface area contributed by atoms with Gasteiger partial charge in [0.1, 0.15) is 22.8 Å². The number of benzene rings is 2. The number of methoxy groups -OCH3 is 2. The number of aromatic carboxylic acids is 1. The summed E-state index contributed by atoms with van der Waals surface area (Å²) in [7, 11) is 3.00. The molecule has 0 aliphatic heterocycles. The summed E-state index contributed by atoms with van der Waals surface area (Å²) in [5, 5.41) is 11.7. The quantitative estimate of drug-likeness (QED) is 0.809. The van der Waals surface area contributed by atoms with Gasteiger partial charge in [0, 0.05) is 6.07 Å². The molecule has 2 aromatic carbocycles. The number of carbonyl (C=O) groups excluding carboxylic acids is 1. The summed E-state index contributed by atoms with van der Waals surface area (Å²) in [5.41, 5.74) is 0.450. The smallest absolute Gasteiger partial charge is 0.339 e. The van der Waals surface area contributed by atoms with Crippen LogP contribution in [-0.2, 0) is 4.79 Å². The number of nitrogens with one attached hydrogen (secondary N) is 1. The molecule has 0 bridgehead atoms. The molecule has 0 aliphatic carbocycles. The van der Waals surface area contributed by atoms with Crippen LogP contribution in [0.15, 0.2) is 42.5 Å². The average Bonchev–Trinajstić information content (AvgIpc) is 2.60. The Labute approximate surface area is 138 Å². The van der Waals surface area contributed by atoms with Gasteiger partial charge < -0.3 is 24.6 Å². The molecule has 0 aromatic heterocycles. The fourth-order valence-electron chi connectivity index (χ4n) is 2.00. The van der Waals surface area contributed by atoms with Gasteiger partial charge in [-0.1, -0.05) is 12.1 Å². The molecular formula is C17H17NO6. The number of anilines is 1. The molecule has 7 heteroatoms. The fourth-order valence-corrected chi connectivity index (χ4v) is 2.00. The number of hydrogen-bond acceptors (Lipinski definition) is 5. The summed E-state index contributed by atoms with van der Waals surface area (Å²) >= 11 is 0. The van der Waals surface area contributed by atoms with Crippen molar-refractivity contribution in [2.75, 3.05) is 26.1 Å². The molecule has 0 fully saturated rings. The number of hydrogen-bond donors (Lipinski definition) is 2. The molecule has 0 aliphatic rings. The Morgan fingerprint density at radius 3 is 2.46 bits per heavy atom. The predicted molar refractivity (Wildman–Crippen MR) is 87.1 cm³/mol. The second-order valence-electron chi connectivity index (χ2n) is 4.70. The molecule has 0 unspecified atom stereocenters. The van der Waals surface area contributed by atoms with Gasteiger partial charge in [0.05, 0.1) is 19.9 Å². The Kier molecular flexibility index (Phi) is 5.62. The molecular weight excluding hydrogens is 314 g/mol. The highest BCUT2D eigenvalue weighted by Crippen LogP contribution is 2.29. The van der Waals surface area contributed by atoms with Crippen molar-refractivity contribution < 1.29 is 28.9 Å². The third-order valence-electron chi connectivity index (χ3n) is 3.16. The van der Waals surface area contributed by atoms with Crippen molar-refractivity contribution in [2.24, 2.45) is 0 Å². The van der Waals surface area contributed by atoms with E-state index in [1.807, 2.05) is 0 Å². The van der Waals surface area contributed by atoms with Crippen LogP contribution in [0.2, 0.25) is 0 Å². The van der Waals surface area contributed by atoms with Crippen molar-refractivity contribution in [3.8, 4) is 17.2 Å². The van der Waals surface area contributed by atoms with E-state index >= 15 is 0 Å². The van der Waals surface area contributed by atoms with E-state index < -0.39 is 11.9 Å². The number of para-hydroxylation sites is 1. The summed E-state index contributed by atoms with van der Waals surface area (Å²) in [6.07, 6.45) is 0. The van der Waals surface area contributed by atoms with Crippen LogP contribution >= 0.6 is 0 Å². The summed E-state index contributed by atoms with van der Waals surface area (Å²) < 4.78 is 15.6. The van der Waals surface area contributed by atoms with E-state index in [1.54, 1.807) is 30.3 Å². The second-order valence-corrected chi connectivity index (χ2v) is 4.70. The average molecular weight is 331 g/mol. The van der Waals surface area contributed by atoms with Crippen molar-refractivity contribution in [3.63, 3.8) is 0 Å². The minimum absolute atomic E-state index is 0.00710. The predicted octanol–water partition coefficient (Wildman–Crippen LogP) is 2.42. The molecule has 2 aromatic rings. The maximum atomic E-state index is 12.0. The van der Waals surface area contributed by atoms with E-state index in [4.69, 9.17) is 19.3 Å². The van der Waals surface area contributed by atoms with Gasteiger partial charge in [-0.05, 0) is 24.3 Å². The summed E-state index contributed by atoms with van der Waals surface area (Å²) in [5.74, 6) is -0.409. The van der Waals surface area contributed by atoms with Crippen molar-refractivity contribution in [3.05, 3.63) is 48.0 Å². The molecule has 2 N–H and O–H groups in total. The van der Waals surface area contributed by atoms with Crippen LogP contribution in [0.25, 0.3) is 0 Å². The van der Waals surface area contributed by atoms with Crippen molar-refractivity contribution in [2.45, 2.75) is 0 Å². The molecule has 126 valence electrons. The number of carboxylic acid groups (broad SMARTS) is 1. The normalized spacial score (nSPS) is 9.92. The highest BCUT2D eigenvalue weighted by molar-refractivity contribution is 5.94. The van der Waals surface area contributed by atoms with Gasteiger partial charge in [-0.3, -0.25) is 4.79 Å². The number of ether oxygens (including phenoxy) is 3. The summed E-state index contributed by atoms with van der Waals surface area (Å²) in [4.78, 5) is 23.1. The Balaban J connectivity index is 2.03. The molecule has 0 saturated heterocycles. The highest BCUT2D eigenvalue weighted by atomic mass is 16.5. The van der Waals surface area contributed by atoms with E-state index in [0.29, 0.717) is 17.2 Å². The lowest BCUT2D eigenvalue weighted by molar-refractivity contribution is -0.118. The zero-order valence-electron chi connectivity index (χ0n) is 13.2. The SMILES string of the molecule is COc1ccc(NC(=O)COc2ccccc2C(=O)O)c(OC)c1. The van der Waals surface area contributed by atoms with Gasteiger partial charge >= 0.3 is 5.97 Å². The standard InChI is InChI=1S/C17H17NO6/c1-22-11-7-8-13(15(9-11)23-2)18-16(19)10-24-14-6-4-3-5-12(14)17(20)21/h3-9H,10H2,1-2H3,(H,18,19)(H,20,21). The molecule has 0 saturated carbocycles. The Morgan fingerprint density at radius 1 is 1.04 bits per heavy atom. The summed E-state index contributed by atoms with van der Waals surface area (Å²) in [6.45, 7) is -0.334. The Morgan fingerprint density at radius 2 is 1.79 bits per heavy atom. The first-order chi connectivity index (χ1) is 11.5. The Hall–Kier alpha value is -3.22. The molecule has 0 radical (unpaired) electrons. The highest BCUT2D eigenvalue weighted by Gasteiger charge is 2.13. The lowest BCUT2D eigenvalue weighted by Crippen LogP contribution is -2.21. The minimum Gasteiger partial charge on any atom is -0.497 e. The van der Waals surface area contributed by atoms with Gasteiger partial charge in [-0.2, -0.15) is 0 Å². The number of rotatable bonds is 7. The zero-order chi connectivity index (χ0) is 17.5. The molecule has 24 heavy (non-hydrogen) atoms. The Bertz CT molecular complexity index is 744. The number of amides is 1.